The van der Waals surface area contributed by atoms with Crippen LogP contribution in [0.2, 0.25) is 0 Å². The molecular formula is C12H14N2O4. The number of hydrogen-bond acceptors (Lipinski definition) is 4. The number of phenolic OH excluding ortho intramolecular Hbond substituents is 2. The van der Waals surface area contributed by atoms with Crippen LogP contribution >= 0.6 is 0 Å². The lowest BCUT2D eigenvalue weighted by Crippen LogP contribution is -2.34. The van der Waals surface area contributed by atoms with Gasteiger partial charge in [-0.2, -0.15) is 0 Å². The number of phenols is 2. The zero-order valence-corrected chi connectivity index (χ0v) is 9.72. The van der Waals surface area contributed by atoms with E-state index in [1.165, 1.54) is 23.1 Å². The minimum atomic E-state index is -0.425. The number of amides is 2. The molecule has 1 heterocycles. The first-order valence-electron chi connectivity index (χ1n) is 5.66. The van der Waals surface area contributed by atoms with Gasteiger partial charge in [0.15, 0.2) is 11.5 Å². The number of para-hydroxylation sites is 1. The number of nitrogens with zero attached hydrogens (tertiary/aromatic N) is 1. The van der Waals surface area contributed by atoms with Gasteiger partial charge in [-0.15, -0.1) is 0 Å². The van der Waals surface area contributed by atoms with E-state index in [0.717, 1.165) is 0 Å². The summed E-state index contributed by atoms with van der Waals surface area (Å²) in [6.45, 7) is 1.09. The van der Waals surface area contributed by atoms with E-state index >= 15 is 0 Å². The molecule has 18 heavy (non-hydrogen) atoms. The topological polar surface area (TPSA) is 89.9 Å². The van der Waals surface area contributed by atoms with Crippen molar-refractivity contribution in [2.75, 3.05) is 19.6 Å². The molecule has 1 aliphatic heterocycles. The molecule has 0 unspecified atom stereocenters. The Labute approximate surface area is 104 Å². The molecule has 1 aromatic rings. The number of benzene rings is 1. The van der Waals surface area contributed by atoms with Gasteiger partial charge >= 0.3 is 0 Å². The van der Waals surface area contributed by atoms with Crippen molar-refractivity contribution in [3.05, 3.63) is 23.8 Å². The Kier molecular flexibility index (Phi) is 3.36. The second kappa shape index (κ2) is 4.95. The summed E-state index contributed by atoms with van der Waals surface area (Å²) >= 11 is 0. The molecule has 0 spiro atoms. The van der Waals surface area contributed by atoms with Crippen LogP contribution in [0, 0.1) is 0 Å². The minimum absolute atomic E-state index is 0.0457. The normalized spacial score (nSPS) is 16.0. The summed E-state index contributed by atoms with van der Waals surface area (Å²) in [5.41, 5.74) is 0.0457. The Balaban J connectivity index is 2.20. The van der Waals surface area contributed by atoms with Gasteiger partial charge in [-0.25, -0.2) is 0 Å². The summed E-state index contributed by atoms with van der Waals surface area (Å²) in [7, 11) is 0. The summed E-state index contributed by atoms with van der Waals surface area (Å²) in [5, 5.41) is 21.7. The second-order valence-corrected chi connectivity index (χ2v) is 4.07. The first kappa shape index (κ1) is 12.2. The van der Waals surface area contributed by atoms with Crippen LogP contribution in [-0.2, 0) is 4.79 Å². The van der Waals surface area contributed by atoms with Crippen LogP contribution < -0.4 is 5.32 Å². The van der Waals surface area contributed by atoms with E-state index in [-0.39, 0.29) is 29.5 Å². The van der Waals surface area contributed by atoms with Crippen LogP contribution in [0.5, 0.6) is 11.5 Å². The summed E-state index contributed by atoms with van der Waals surface area (Å²) in [4.78, 5) is 24.8. The van der Waals surface area contributed by atoms with Gasteiger partial charge in [-0.1, -0.05) is 6.07 Å². The predicted octanol–water partition coefficient (Wildman–Crippen LogP) is 0.0599. The molecule has 1 saturated heterocycles. The number of carbonyl (C=O) groups excluding carboxylic acids is 2. The third kappa shape index (κ3) is 2.37. The maximum atomic E-state index is 12.1. The van der Waals surface area contributed by atoms with Gasteiger partial charge in [0.2, 0.25) is 5.91 Å². The quantitative estimate of drug-likeness (QED) is 0.615. The summed E-state index contributed by atoms with van der Waals surface area (Å²) in [6.07, 6.45) is 0.241. The van der Waals surface area contributed by atoms with Crippen LogP contribution in [0.4, 0.5) is 0 Å². The lowest BCUT2D eigenvalue weighted by molar-refractivity contribution is -0.120. The highest BCUT2D eigenvalue weighted by atomic mass is 16.3. The second-order valence-electron chi connectivity index (χ2n) is 4.07. The zero-order chi connectivity index (χ0) is 13.1. The van der Waals surface area contributed by atoms with Crippen LogP contribution in [-0.4, -0.2) is 46.6 Å². The first-order chi connectivity index (χ1) is 8.59. The fraction of sp³-hybridized carbons (Fsp3) is 0.333. The van der Waals surface area contributed by atoms with E-state index in [2.05, 4.69) is 5.32 Å². The predicted molar refractivity (Wildman–Crippen MR) is 63.3 cm³/mol. The maximum absolute atomic E-state index is 12.1. The number of carbonyl (C=O) groups is 2. The SMILES string of the molecule is O=C1CCN(C(=O)c2cccc(O)c2O)CCN1. The molecule has 0 radical (unpaired) electrons. The first-order valence-corrected chi connectivity index (χ1v) is 5.66. The monoisotopic (exact) mass is 250 g/mol. The lowest BCUT2D eigenvalue weighted by atomic mass is 10.1. The number of aromatic hydroxyl groups is 2. The number of hydrogen-bond donors (Lipinski definition) is 3. The fourth-order valence-electron chi connectivity index (χ4n) is 1.84. The Morgan fingerprint density at radius 1 is 1.28 bits per heavy atom. The molecule has 0 aliphatic carbocycles. The van der Waals surface area contributed by atoms with E-state index < -0.39 is 5.75 Å². The Morgan fingerprint density at radius 3 is 2.83 bits per heavy atom. The molecule has 1 fully saturated rings. The van der Waals surface area contributed by atoms with Crippen LogP contribution in [0.25, 0.3) is 0 Å². The third-order valence-corrected chi connectivity index (χ3v) is 2.85. The van der Waals surface area contributed by atoms with Crippen LogP contribution in [0.3, 0.4) is 0 Å². The van der Waals surface area contributed by atoms with E-state index in [0.29, 0.717) is 19.6 Å². The largest absolute Gasteiger partial charge is 0.504 e. The average molecular weight is 250 g/mol. The van der Waals surface area contributed by atoms with E-state index in [1.807, 2.05) is 0 Å². The molecule has 6 nitrogen and oxygen atoms in total. The van der Waals surface area contributed by atoms with Gasteiger partial charge in [-0.05, 0) is 12.1 Å². The molecule has 0 saturated carbocycles. The van der Waals surface area contributed by atoms with Crippen molar-refractivity contribution in [2.24, 2.45) is 0 Å². The highest BCUT2D eigenvalue weighted by Crippen LogP contribution is 2.29. The van der Waals surface area contributed by atoms with Gasteiger partial charge in [0.25, 0.3) is 5.91 Å². The number of nitrogens with one attached hydrogen (secondary N) is 1. The van der Waals surface area contributed by atoms with Gasteiger partial charge in [-0.3, -0.25) is 9.59 Å². The minimum Gasteiger partial charge on any atom is -0.504 e. The molecular weight excluding hydrogens is 236 g/mol. The van der Waals surface area contributed by atoms with Crippen molar-refractivity contribution < 1.29 is 19.8 Å². The molecule has 2 amide bonds. The molecule has 96 valence electrons. The zero-order valence-electron chi connectivity index (χ0n) is 9.72. The highest BCUT2D eigenvalue weighted by Gasteiger charge is 2.22. The molecule has 0 atom stereocenters. The average Bonchev–Trinajstić information content (AvgIpc) is 2.57. The van der Waals surface area contributed by atoms with Crippen LogP contribution in [0.1, 0.15) is 16.8 Å². The summed E-state index contributed by atoms with van der Waals surface area (Å²) < 4.78 is 0. The molecule has 0 aromatic heterocycles. The standard InChI is InChI=1S/C12H14N2O4/c15-9-3-1-2-8(11(9)17)12(18)14-6-4-10(16)13-5-7-14/h1-3,15,17H,4-7H2,(H,13,16). The Morgan fingerprint density at radius 2 is 2.06 bits per heavy atom. The Hall–Kier alpha value is -2.24. The fourth-order valence-corrected chi connectivity index (χ4v) is 1.84. The smallest absolute Gasteiger partial charge is 0.257 e. The molecule has 2 rings (SSSR count). The van der Waals surface area contributed by atoms with Crippen molar-refractivity contribution in [1.82, 2.24) is 10.2 Å². The molecule has 0 bridgehead atoms. The van der Waals surface area contributed by atoms with Crippen molar-refractivity contribution in [3.63, 3.8) is 0 Å². The van der Waals surface area contributed by atoms with Gasteiger partial charge in [0, 0.05) is 26.1 Å². The van der Waals surface area contributed by atoms with Crippen molar-refractivity contribution >= 4 is 11.8 Å². The van der Waals surface area contributed by atoms with Gasteiger partial charge < -0.3 is 20.4 Å². The van der Waals surface area contributed by atoms with E-state index in [4.69, 9.17) is 0 Å². The molecule has 6 heteroatoms. The van der Waals surface area contributed by atoms with Gasteiger partial charge in [0.1, 0.15) is 0 Å². The maximum Gasteiger partial charge on any atom is 0.257 e. The Bertz CT molecular complexity index is 487. The van der Waals surface area contributed by atoms with Crippen molar-refractivity contribution in [1.29, 1.82) is 0 Å². The lowest BCUT2D eigenvalue weighted by Gasteiger charge is -2.20. The van der Waals surface area contributed by atoms with Crippen molar-refractivity contribution in [2.45, 2.75) is 6.42 Å². The summed E-state index contributed by atoms with van der Waals surface area (Å²) in [6, 6.07) is 4.24. The summed E-state index contributed by atoms with van der Waals surface area (Å²) in [5.74, 6) is -1.23. The third-order valence-electron chi connectivity index (χ3n) is 2.85. The van der Waals surface area contributed by atoms with E-state index in [9.17, 15) is 19.8 Å². The van der Waals surface area contributed by atoms with E-state index in [1.54, 1.807) is 0 Å². The van der Waals surface area contributed by atoms with Crippen molar-refractivity contribution in [3.8, 4) is 11.5 Å². The molecule has 1 aromatic carbocycles. The highest BCUT2D eigenvalue weighted by molar-refractivity contribution is 5.98. The number of rotatable bonds is 1. The molecule has 1 aliphatic rings. The van der Waals surface area contributed by atoms with Crippen LogP contribution in [0.15, 0.2) is 18.2 Å². The van der Waals surface area contributed by atoms with Gasteiger partial charge in [0.05, 0.1) is 5.56 Å². The molecule has 3 N–H and O–H groups in total.